The van der Waals surface area contributed by atoms with Crippen LogP contribution in [0.25, 0.3) is 21.5 Å². The van der Waals surface area contributed by atoms with Crippen LogP contribution in [-0.2, 0) is 0 Å². The summed E-state index contributed by atoms with van der Waals surface area (Å²) in [6.45, 7) is 4.09. The molecule has 4 rings (SSSR count). The third kappa shape index (κ3) is 3.66. The number of phenolic OH excluding ortho intramolecular Hbond substituents is 2. The molecular formula is C22H20O2. The van der Waals surface area contributed by atoms with Crippen molar-refractivity contribution >= 4 is 21.5 Å². The zero-order chi connectivity index (χ0) is 17.1. The minimum atomic E-state index is 0.327. The topological polar surface area (TPSA) is 40.5 Å². The van der Waals surface area contributed by atoms with Gasteiger partial charge in [-0.2, -0.15) is 0 Å². The molecule has 0 heterocycles. The van der Waals surface area contributed by atoms with E-state index in [9.17, 15) is 10.2 Å². The van der Waals surface area contributed by atoms with Crippen LogP contribution < -0.4 is 0 Å². The summed E-state index contributed by atoms with van der Waals surface area (Å²) in [6, 6.07) is 23.2. The van der Waals surface area contributed by atoms with E-state index in [4.69, 9.17) is 0 Å². The molecular weight excluding hydrogens is 296 g/mol. The van der Waals surface area contributed by atoms with Crippen LogP contribution in [-0.4, -0.2) is 10.2 Å². The van der Waals surface area contributed by atoms with Gasteiger partial charge in [-0.3, -0.25) is 0 Å². The summed E-state index contributed by atoms with van der Waals surface area (Å²) in [6.07, 6.45) is 0. The highest BCUT2D eigenvalue weighted by Crippen LogP contribution is 2.21. The van der Waals surface area contributed by atoms with Crippen LogP contribution in [0.3, 0.4) is 0 Å². The molecule has 0 aromatic heterocycles. The van der Waals surface area contributed by atoms with Crippen molar-refractivity contribution in [3.05, 3.63) is 83.9 Å². The molecule has 2 heteroatoms. The summed E-state index contributed by atoms with van der Waals surface area (Å²) >= 11 is 0. The van der Waals surface area contributed by atoms with Gasteiger partial charge < -0.3 is 10.2 Å². The molecule has 0 amide bonds. The average molecular weight is 316 g/mol. The first kappa shape index (κ1) is 15.9. The Kier molecular flexibility index (Phi) is 4.39. The van der Waals surface area contributed by atoms with Crippen LogP contribution in [0.15, 0.2) is 72.8 Å². The van der Waals surface area contributed by atoms with E-state index in [0.717, 1.165) is 10.8 Å². The van der Waals surface area contributed by atoms with Crippen molar-refractivity contribution in [3.8, 4) is 11.5 Å². The molecule has 2 nitrogen and oxygen atoms in total. The second-order valence-electron chi connectivity index (χ2n) is 6.07. The maximum absolute atomic E-state index is 9.22. The fourth-order valence-corrected chi connectivity index (χ4v) is 2.71. The number of fused-ring (bicyclic) bond motifs is 2. The van der Waals surface area contributed by atoms with Crippen LogP contribution >= 0.6 is 0 Å². The lowest BCUT2D eigenvalue weighted by molar-refractivity contribution is 0.475. The van der Waals surface area contributed by atoms with E-state index in [2.05, 4.69) is 36.4 Å². The number of aromatic hydroxyl groups is 2. The number of benzene rings is 4. The lowest BCUT2D eigenvalue weighted by Crippen LogP contribution is -1.74. The molecule has 0 saturated carbocycles. The van der Waals surface area contributed by atoms with Crippen molar-refractivity contribution < 1.29 is 10.2 Å². The first-order chi connectivity index (χ1) is 11.5. The fourth-order valence-electron chi connectivity index (χ4n) is 2.71. The van der Waals surface area contributed by atoms with Crippen molar-refractivity contribution in [2.75, 3.05) is 0 Å². The van der Waals surface area contributed by atoms with Gasteiger partial charge in [0, 0.05) is 0 Å². The van der Waals surface area contributed by atoms with Gasteiger partial charge in [0.25, 0.3) is 0 Å². The molecule has 0 atom stereocenters. The molecule has 0 saturated heterocycles. The van der Waals surface area contributed by atoms with Gasteiger partial charge in [0.1, 0.15) is 11.5 Å². The van der Waals surface area contributed by atoms with Crippen molar-refractivity contribution in [2.24, 2.45) is 0 Å². The predicted octanol–water partition coefficient (Wildman–Crippen LogP) is 5.71. The Hall–Kier alpha value is -3.00. The van der Waals surface area contributed by atoms with Gasteiger partial charge >= 0.3 is 0 Å². The molecule has 0 aliphatic heterocycles. The monoisotopic (exact) mass is 316 g/mol. The van der Waals surface area contributed by atoms with Crippen molar-refractivity contribution in [2.45, 2.75) is 13.8 Å². The van der Waals surface area contributed by atoms with E-state index >= 15 is 0 Å². The first-order valence-corrected chi connectivity index (χ1v) is 7.90. The number of aryl methyl sites for hydroxylation is 2. The van der Waals surface area contributed by atoms with Crippen molar-refractivity contribution in [1.82, 2.24) is 0 Å². The molecule has 0 fully saturated rings. The molecule has 0 aliphatic carbocycles. The van der Waals surface area contributed by atoms with Gasteiger partial charge in [-0.25, -0.2) is 0 Å². The largest absolute Gasteiger partial charge is 0.508 e. The van der Waals surface area contributed by atoms with Crippen LogP contribution in [0.5, 0.6) is 11.5 Å². The van der Waals surface area contributed by atoms with Gasteiger partial charge in [-0.05, 0) is 59.7 Å². The highest BCUT2D eigenvalue weighted by molar-refractivity contribution is 5.85. The molecule has 0 spiro atoms. The zero-order valence-electron chi connectivity index (χ0n) is 13.8. The molecule has 0 unspecified atom stereocenters. The summed E-state index contributed by atoms with van der Waals surface area (Å²) in [5, 5.41) is 23.0. The lowest BCUT2D eigenvalue weighted by atomic mass is 10.1. The van der Waals surface area contributed by atoms with Crippen LogP contribution in [0, 0.1) is 13.8 Å². The summed E-state index contributed by atoms with van der Waals surface area (Å²) in [5.74, 6) is 0.654. The fraction of sp³-hybridized carbons (Fsp3) is 0.0909. The Morgan fingerprint density at radius 3 is 1.25 bits per heavy atom. The van der Waals surface area contributed by atoms with E-state index in [1.807, 2.05) is 26.0 Å². The van der Waals surface area contributed by atoms with E-state index < -0.39 is 0 Å². The van der Waals surface area contributed by atoms with Gasteiger partial charge in [-0.1, -0.05) is 59.7 Å². The molecule has 0 aliphatic rings. The average Bonchev–Trinajstić information content (AvgIpc) is 2.54. The Balaban J connectivity index is 0.000000141. The first-order valence-electron chi connectivity index (χ1n) is 7.90. The highest BCUT2D eigenvalue weighted by Gasteiger charge is 1.95. The summed E-state index contributed by atoms with van der Waals surface area (Å²) in [4.78, 5) is 0. The minimum Gasteiger partial charge on any atom is -0.508 e. The normalized spacial score (nSPS) is 10.4. The van der Waals surface area contributed by atoms with Gasteiger partial charge in [0.2, 0.25) is 0 Å². The summed E-state index contributed by atoms with van der Waals surface area (Å²) in [7, 11) is 0. The second kappa shape index (κ2) is 6.63. The van der Waals surface area contributed by atoms with E-state index in [0.29, 0.717) is 11.5 Å². The molecule has 2 N–H and O–H groups in total. The Labute approximate surface area is 141 Å². The van der Waals surface area contributed by atoms with Crippen molar-refractivity contribution in [1.29, 1.82) is 0 Å². The molecule has 0 bridgehead atoms. The minimum absolute atomic E-state index is 0.327. The molecule has 0 radical (unpaired) electrons. The Morgan fingerprint density at radius 1 is 0.458 bits per heavy atom. The third-order valence-corrected chi connectivity index (χ3v) is 3.96. The molecule has 4 aromatic rings. The zero-order valence-corrected chi connectivity index (χ0v) is 13.8. The SMILES string of the molecule is Cc1ccc2ccc(O)cc2c1.Cc1ccc2ccc(O)cc2c1. The van der Waals surface area contributed by atoms with E-state index in [1.165, 1.54) is 21.9 Å². The third-order valence-electron chi connectivity index (χ3n) is 3.96. The number of hydrogen-bond acceptors (Lipinski definition) is 2. The molecule has 4 aromatic carbocycles. The van der Waals surface area contributed by atoms with Crippen molar-refractivity contribution in [3.63, 3.8) is 0 Å². The maximum Gasteiger partial charge on any atom is 0.116 e. The Bertz CT molecular complexity index is 846. The summed E-state index contributed by atoms with van der Waals surface area (Å²) in [5.41, 5.74) is 2.43. The van der Waals surface area contributed by atoms with Gasteiger partial charge in [0.05, 0.1) is 0 Å². The second-order valence-corrected chi connectivity index (χ2v) is 6.07. The quantitative estimate of drug-likeness (QED) is 0.436. The predicted molar refractivity (Wildman–Crippen MR) is 101 cm³/mol. The van der Waals surface area contributed by atoms with Gasteiger partial charge in [-0.15, -0.1) is 0 Å². The smallest absolute Gasteiger partial charge is 0.116 e. The number of rotatable bonds is 0. The maximum atomic E-state index is 9.22. The van der Waals surface area contributed by atoms with Crippen LogP contribution in [0.2, 0.25) is 0 Å². The van der Waals surface area contributed by atoms with Crippen LogP contribution in [0.1, 0.15) is 11.1 Å². The molecule has 120 valence electrons. The molecule has 24 heavy (non-hydrogen) atoms. The lowest BCUT2D eigenvalue weighted by Gasteiger charge is -1.99. The Morgan fingerprint density at radius 2 is 0.833 bits per heavy atom. The number of phenols is 2. The van der Waals surface area contributed by atoms with E-state index in [-0.39, 0.29) is 0 Å². The van der Waals surface area contributed by atoms with Gasteiger partial charge in [0.15, 0.2) is 0 Å². The standard InChI is InChI=1S/2C11H10O/c2*1-8-2-3-9-4-5-11(12)7-10(9)6-8/h2*2-7,12H,1H3. The highest BCUT2D eigenvalue weighted by atomic mass is 16.3. The summed E-state index contributed by atoms with van der Waals surface area (Å²) < 4.78 is 0. The van der Waals surface area contributed by atoms with Crippen LogP contribution in [0.4, 0.5) is 0 Å². The van der Waals surface area contributed by atoms with E-state index in [1.54, 1.807) is 24.3 Å². The number of hydrogen-bond donors (Lipinski definition) is 2.